The monoisotopic (exact) mass is 295 g/mol. The van der Waals surface area contributed by atoms with Gasteiger partial charge in [-0.15, -0.1) is 11.3 Å². The van der Waals surface area contributed by atoms with E-state index in [2.05, 4.69) is 24.0 Å². The quantitative estimate of drug-likeness (QED) is 0.852. The fourth-order valence-corrected chi connectivity index (χ4v) is 4.69. The number of aryl methyl sites for hydroxylation is 1. The Bertz CT molecular complexity index is 447. The van der Waals surface area contributed by atoms with E-state index >= 15 is 0 Å². The second kappa shape index (κ2) is 6.14. The third kappa shape index (κ3) is 2.93. The van der Waals surface area contributed by atoms with Crippen molar-refractivity contribution >= 4 is 11.3 Å². The molecular formula is C16H25NO2S. The van der Waals surface area contributed by atoms with Crippen LogP contribution in [0, 0.1) is 12.8 Å². The van der Waals surface area contributed by atoms with Crippen LogP contribution in [-0.4, -0.2) is 43.9 Å². The van der Waals surface area contributed by atoms with Crippen molar-refractivity contribution in [1.29, 1.82) is 0 Å². The Kier molecular flexibility index (Phi) is 4.46. The van der Waals surface area contributed by atoms with Crippen molar-refractivity contribution in [2.45, 2.75) is 38.3 Å². The highest BCUT2D eigenvalue weighted by molar-refractivity contribution is 7.11. The van der Waals surface area contributed by atoms with Crippen LogP contribution in [0.5, 0.6) is 0 Å². The summed E-state index contributed by atoms with van der Waals surface area (Å²) in [7, 11) is 1.81. The zero-order valence-electron chi connectivity index (χ0n) is 12.6. The van der Waals surface area contributed by atoms with Crippen molar-refractivity contribution in [1.82, 2.24) is 4.90 Å². The van der Waals surface area contributed by atoms with Gasteiger partial charge in [0.15, 0.2) is 0 Å². The molecule has 2 atom stereocenters. The van der Waals surface area contributed by atoms with Crippen LogP contribution >= 0.6 is 11.3 Å². The average molecular weight is 295 g/mol. The molecule has 0 aromatic carbocycles. The molecule has 2 aliphatic rings. The Hall–Kier alpha value is -0.420. The highest BCUT2D eigenvalue weighted by Gasteiger charge is 2.46. The second-order valence-corrected chi connectivity index (χ2v) is 7.55. The summed E-state index contributed by atoms with van der Waals surface area (Å²) >= 11 is 1.92. The lowest BCUT2D eigenvalue weighted by atomic mass is 9.89. The van der Waals surface area contributed by atoms with Crippen LogP contribution in [0.3, 0.4) is 0 Å². The Morgan fingerprint density at radius 2 is 2.40 bits per heavy atom. The second-order valence-electron chi connectivity index (χ2n) is 6.18. The number of hydrogen-bond donors (Lipinski definition) is 0. The highest BCUT2D eigenvalue weighted by Crippen LogP contribution is 2.41. The molecule has 2 heterocycles. The lowest BCUT2D eigenvalue weighted by Gasteiger charge is -2.44. The zero-order chi connectivity index (χ0) is 14.0. The minimum atomic E-state index is 0.0561. The summed E-state index contributed by atoms with van der Waals surface area (Å²) in [6, 6.07) is 4.49. The van der Waals surface area contributed by atoms with E-state index in [0.29, 0.717) is 5.92 Å². The summed E-state index contributed by atoms with van der Waals surface area (Å²) in [6.45, 7) is 7.08. The molecule has 3 rings (SSSR count). The predicted octanol–water partition coefficient (Wildman–Crippen LogP) is 3.07. The molecule has 112 valence electrons. The Balaban J connectivity index is 1.66. The maximum Gasteiger partial charge on any atom is 0.0859 e. The molecule has 1 aliphatic carbocycles. The fraction of sp³-hybridized carbons (Fsp3) is 0.750. The number of methoxy groups -OCH3 is 1. The van der Waals surface area contributed by atoms with E-state index in [9.17, 15) is 0 Å². The number of rotatable bonds is 4. The maximum absolute atomic E-state index is 6.25. The standard InChI is InChI=1S/C16H25NO2S/c1-13-5-6-15(20-13)10-17-8-9-19-16(12-17)7-3-4-14(16)11-18-2/h5-6,14H,3-4,7-12H2,1-2H3/t14-,16+/m0/s1. The first-order valence-corrected chi connectivity index (χ1v) is 8.44. The molecule has 1 spiro atoms. The van der Waals surface area contributed by atoms with Crippen LogP contribution in [0.2, 0.25) is 0 Å². The molecule has 20 heavy (non-hydrogen) atoms. The molecule has 1 saturated carbocycles. The topological polar surface area (TPSA) is 21.7 Å². The molecule has 0 bridgehead atoms. The molecule has 1 aliphatic heterocycles. The summed E-state index contributed by atoms with van der Waals surface area (Å²) in [4.78, 5) is 5.45. The third-order valence-electron chi connectivity index (χ3n) is 4.73. The zero-order valence-corrected chi connectivity index (χ0v) is 13.4. The summed E-state index contributed by atoms with van der Waals surface area (Å²) in [6.07, 6.45) is 3.72. The molecule has 0 amide bonds. The van der Waals surface area contributed by atoms with Gasteiger partial charge in [-0.1, -0.05) is 6.42 Å². The van der Waals surface area contributed by atoms with Gasteiger partial charge in [-0.25, -0.2) is 0 Å². The number of ether oxygens (including phenoxy) is 2. The fourth-order valence-electron chi connectivity index (χ4n) is 3.76. The van der Waals surface area contributed by atoms with Gasteiger partial charge in [-0.05, 0) is 31.9 Å². The number of nitrogens with zero attached hydrogens (tertiary/aromatic N) is 1. The van der Waals surface area contributed by atoms with Crippen molar-refractivity contribution in [2.24, 2.45) is 5.92 Å². The van der Waals surface area contributed by atoms with Gasteiger partial charge in [0, 0.05) is 42.4 Å². The van der Waals surface area contributed by atoms with E-state index in [1.165, 1.54) is 29.0 Å². The molecule has 4 heteroatoms. The summed E-state index contributed by atoms with van der Waals surface area (Å²) in [5.41, 5.74) is 0.0561. The van der Waals surface area contributed by atoms with Crippen LogP contribution in [0.1, 0.15) is 29.0 Å². The van der Waals surface area contributed by atoms with Crippen molar-refractivity contribution in [3.8, 4) is 0 Å². The first-order valence-electron chi connectivity index (χ1n) is 7.62. The molecule has 0 N–H and O–H groups in total. The molecular weight excluding hydrogens is 270 g/mol. The number of morpholine rings is 1. The molecule has 1 aromatic heterocycles. The van der Waals surface area contributed by atoms with E-state index in [0.717, 1.165) is 32.8 Å². The van der Waals surface area contributed by atoms with Gasteiger partial charge >= 0.3 is 0 Å². The lowest BCUT2D eigenvalue weighted by Crippen LogP contribution is -2.54. The minimum Gasteiger partial charge on any atom is -0.384 e. The van der Waals surface area contributed by atoms with Gasteiger partial charge in [0.05, 0.1) is 18.8 Å². The van der Waals surface area contributed by atoms with E-state index in [-0.39, 0.29) is 5.60 Å². The van der Waals surface area contributed by atoms with Gasteiger partial charge in [0.25, 0.3) is 0 Å². The number of thiophene rings is 1. The molecule has 2 fully saturated rings. The molecule has 1 saturated heterocycles. The average Bonchev–Trinajstić information content (AvgIpc) is 2.99. The van der Waals surface area contributed by atoms with Gasteiger partial charge in [0.1, 0.15) is 0 Å². The van der Waals surface area contributed by atoms with Crippen molar-refractivity contribution < 1.29 is 9.47 Å². The van der Waals surface area contributed by atoms with E-state index < -0.39 is 0 Å². The molecule has 1 aromatic rings. The normalized spacial score (nSPS) is 31.2. The van der Waals surface area contributed by atoms with Crippen LogP contribution in [0.4, 0.5) is 0 Å². The smallest absolute Gasteiger partial charge is 0.0859 e. The highest BCUT2D eigenvalue weighted by atomic mass is 32.1. The van der Waals surface area contributed by atoms with Gasteiger partial charge in [0.2, 0.25) is 0 Å². The van der Waals surface area contributed by atoms with Crippen LogP contribution in [0.15, 0.2) is 12.1 Å². The Morgan fingerprint density at radius 3 is 3.15 bits per heavy atom. The van der Waals surface area contributed by atoms with Crippen molar-refractivity contribution in [3.63, 3.8) is 0 Å². The molecule has 3 nitrogen and oxygen atoms in total. The third-order valence-corrected chi connectivity index (χ3v) is 5.71. The van der Waals surface area contributed by atoms with E-state index in [1.807, 2.05) is 11.3 Å². The van der Waals surface area contributed by atoms with Gasteiger partial charge in [-0.2, -0.15) is 0 Å². The van der Waals surface area contributed by atoms with Crippen molar-refractivity contribution in [3.05, 3.63) is 21.9 Å². The Morgan fingerprint density at radius 1 is 1.50 bits per heavy atom. The summed E-state index contributed by atoms with van der Waals surface area (Å²) in [5.74, 6) is 0.570. The van der Waals surface area contributed by atoms with E-state index in [4.69, 9.17) is 9.47 Å². The largest absolute Gasteiger partial charge is 0.384 e. The van der Waals surface area contributed by atoms with E-state index in [1.54, 1.807) is 7.11 Å². The van der Waals surface area contributed by atoms with Gasteiger partial charge < -0.3 is 9.47 Å². The summed E-state index contributed by atoms with van der Waals surface area (Å²) in [5, 5.41) is 0. The minimum absolute atomic E-state index is 0.0561. The van der Waals surface area contributed by atoms with Crippen molar-refractivity contribution in [2.75, 3.05) is 33.4 Å². The van der Waals surface area contributed by atoms with Crippen LogP contribution < -0.4 is 0 Å². The first-order chi connectivity index (χ1) is 9.72. The van der Waals surface area contributed by atoms with Crippen LogP contribution in [-0.2, 0) is 16.0 Å². The molecule has 0 unspecified atom stereocenters. The Labute approximate surface area is 125 Å². The predicted molar refractivity (Wildman–Crippen MR) is 82.2 cm³/mol. The first kappa shape index (κ1) is 14.5. The maximum atomic E-state index is 6.25. The lowest BCUT2D eigenvalue weighted by molar-refractivity contribution is -0.141. The van der Waals surface area contributed by atoms with Gasteiger partial charge in [-0.3, -0.25) is 4.90 Å². The van der Waals surface area contributed by atoms with Crippen LogP contribution in [0.25, 0.3) is 0 Å². The SMILES string of the molecule is COC[C@@H]1CCC[C@@]12CN(Cc1ccc(C)s1)CCO2. The number of hydrogen-bond acceptors (Lipinski definition) is 4. The summed E-state index contributed by atoms with van der Waals surface area (Å²) < 4.78 is 11.7. The molecule has 0 radical (unpaired) electrons.